The molecule has 152 valence electrons. The molecule has 0 bridgehead atoms. The highest BCUT2D eigenvalue weighted by atomic mass is 32.1. The van der Waals surface area contributed by atoms with Gasteiger partial charge in [-0.25, -0.2) is 14.6 Å². The molecule has 1 aliphatic rings. The van der Waals surface area contributed by atoms with Crippen molar-refractivity contribution in [3.05, 3.63) is 35.3 Å². The quantitative estimate of drug-likeness (QED) is 0.758. The standard InChI is InChI=1S/C19H19N3O6S/c1-19(2,3)27-18(26)20-12-6-4-11(5-7-12)16-21-13(10-29-16)17(25)28-22-14(23)8-9-15(22)24/h4-7,10H,8-9H2,1-3H3,(H,20,26). The largest absolute Gasteiger partial charge is 0.444 e. The van der Waals surface area contributed by atoms with E-state index in [0.717, 1.165) is 5.56 Å². The van der Waals surface area contributed by atoms with E-state index in [4.69, 9.17) is 9.57 Å². The molecule has 0 aliphatic carbocycles. The lowest BCUT2D eigenvalue weighted by atomic mass is 10.2. The Morgan fingerprint density at radius 3 is 2.31 bits per heavy atom. The number of ether oxygens (including phenoxy) is 1. The minimum atomic E-state index is -0.876. The first-order chi connectivity index (χ1) is 13.6. The van der Waals surface area contributed by atoms with Crippen LogP contribution in [-0.2, 0) is 19.2 Å². The number of hydrogen-bond donors (Lipinski definition) is 1. The highest BCUT2D eigenvalue weighted by molar-refractivity contribution is 7.13. The third kappa shape index (κ3) is 5.17. The van der Waals surface area contributed by atoms with Crippen LogP contribution in [0.4, 0.5) is 10.5 Å². The SMILES string of the molecule is CC(C)(C)OC(=O)Nc1ccc(-c2nc(C(=O)ON3C(=O)CCC3=O)cs2)cc1. The molecule has 0 unspecified atom stereocenters. The summed E-state index contributed by atoms with van der Waals surface area (Å²) >= 11 is 1.21. The number of amides is 3. The molecule has 0 radical (unpaired) electrons. The second kappa shape index (κ2) is 8.00. The molecule has 3 amide bonds. The molecule has 1 aromatic heterocycles. The molecule has 2 heterocycles. The van der Waals surface area contributed by atoms with E-state index < -0.39 is 29.5 Å². The number of anilines is 1. The molecule has 0 saturated carbocycles. The first kappa shape index (κ1) is 20.5. The summed E-state index contributed by atoms with van der Waals surface area (Å²) in [7, 11) is 0. The first-order valence-corrected chi connectivity index (χ1v) is 9.64. The summed E-state index contributed by atoms with van der Waals surface area (Å²) in [6.07, 6.45) is -0.508. The van der Waals surface area contributed by atoms with Crippen molar-refractivity contribution >= 4 is 40.9 Å². The van der Waals surface area contributed by atoms with Gasteiger partial charge in [0.05, 0.1) is 0 Å². The highest BCUT2D eigenvalue weighted by Crippen LogP contribution is 2.26. The van der Waals surface area contributed by atoms with Crippen LogP contribution < -0.4 is 5.32 Å². The van der Waals surface area contributed by atoms with Crippen molar-refractivity contribution in [2.75, 3.05) is 5.32 Å². The molecule has 1 fully saturated rings. The Kier molecular flexibility index (Phi) is 5.64. The zero-order valence-electron chi connectivity index (χ0n) is 16.1. The van der Waals surface area contributed by atoms with Crippen LogP contribution >= 0.6 is 11.3 Å². The Morgan fingerprint density at radius 1 is 1.10 bits per heavy atom. The van der Waals surface area contributed by atoms with E-state index in [1.165, 1.54) is 16.7 Å². The van der Waals surface area contributed by atoms with E-state index in [0.29, 0.717) is 15.8 Å². The maximum Gasteiger partial charge on any atom is 0.412 e. The number of imide groups is 1. The van der Waals surface area contributed by atoms with E-state index in [1.807, 2.05) is 0 Å². The van der Waals surface area contributed by atoms with Gasteiger partial charge in [-0.3, -0.25) is 14.9 Å². The third-order valence-electron chi connectivity index (χ3n) is 3.67. The molecular formula is C19H19N3O6S. The van der Waals surface area contributed by atoms with Crippen LogP contribution in [0.2, 0.25) is 0 Å². The Labute approximate surface area is 170 Å². The number of benzene rings is 1. The van der Waals surface area contributed by atoms with Crippen molar-refractivity contribution in [3.8, 4) is 10.6 Å². The number of rotatable bonds is 4. The first-order valence-electron chi connectivity index (χ1n) is 8.76. The summed E-state index contributed by atoms with van der Waals surface area (Å²) in [4.78, 5) is 56.1. The molecule has 0 atom stereocenters. The summed E-state index contributed by atoms with van der Waals surface area (Å²) in [5.41, 5.74) is 0.663. The van der Waals surface area contributed by atoms with Crippen molar-refractivity contribution < 1.29 is 28.8 Å². The zero-order chi connectivity index (χ0) is 21.2. The average molecular weight is 417 g/mol. The average Bonchev–Trinajstić information content (AvgIpc) is 3.23. The van der Waals surface area contributed by atoms with Gasteiger partial charge in [-0.15, -0.1) is 16.4 Å². The fourth-order valence-corrected chi connectivity index (χ4v) is 3.20. The number of nitrogens with one attached hydrogen (secondary N) is 1. The lowest BCUT2D eigenvalue weighted by molar-refractivity contribution is -0.172. The number of hydroxylamine groups is 2. The topological polar surface area (TPSA) is 115 Å². The predicted molar refractivity (Wildman–Crippen MR) is 104 cm³/mol. The Bertz CT molecular complexity index is 945. The second-order valence-electron chi connectivity index (χ2n) is 7.20. The van der Waals surface area contributed by atoms with Gasteiger partial charge in [-0.2, -0.15) is 0 Å². The lowest BCUT2D eigenvalue weighted by Crippen LogP contribution is -2.32. The summed E-state index contributed by atoms with van der Waals surface area (Å²) in [5.74, 6) is -1.97. The monoisotopic (exact) mass is 417 g/mol. The van der Waals surface area contributed by atoms with Gasteiger partial charge in [0.25, 0.3) is 11.8 Å². The summed E-state index contributed by atoms with van der Waals surface area (Å²) in [6.45, 7) is 5.32. The van der Waals surface area contributed by atoms with E-state index in [2.05, 4.69) is 10.3 Å². The number of nitrogens with zero attached hydrogens (tertiary/aromatic N) is 2. The minimum Gasteiger partial charge on any atom is -0.444 e. The smallest absolute Gasteiger partial charge is 0.412 e. The van der Waals surface area contributed by atoms with Gasteiger partial charge >= 0.3 is 12.1 Å². The van der Waals surface area contributed by atoms with Gasteiger partial charge < -0.3 is 9.57 Å². The Hall–Kier alpha value is -3.27. The summed E-state index contributed by atoms with van der Waals surface area (Å²) < 4.78 is 5.19. The molecule has 1 saturated heterocycles. The van der Waals surface area contributed by atoms with Crippen LogP contribution in [0.3, 0.4) is 0 Å². The Morgan fingerprint density at radius 2 is 1.72 bits per heavy atom. The summed E-state index contributed by atoms with van der Waals surface area (Å²) in [5, 5.41) is 5.14. The molecule has 0 spiro atoms. The van der Waals surface area contributed by atoms with Crippen LogP contribution in [0.5, 0.6) is 0 Å². The fraction of sp³-hybridized carbons (Fsp3) is 0.316. The maximum atomic E-state index is 12.1. The lowest BCUT2D eigenvalue weighted by Gasteiger charge is -2.19. The van der Waals surface area contributed by atoms with Crippen molar-refractivity contribution in [2.24, 2.45) is 0 Å². The number of carbonyl (C=O) groups is 4. The van der Waals surface area contributed by atoms with E-state index >= 15 is 0 Å². The molecule has 10 heteroatoms. The van der Waals surface area contributed by atoms with E-state index in [-0.39, 0.29) is 18.5 Å². The molecule has 9 nitrogen and oxygen atoms in total. The maximum absolute atomic E-state index is 12.1. The van der Waals surface area contributed by atoms with Gasteiger partial charge in [0.2, 0.25) is 0 Å². The van der Waals surface area contributed by atoms with Crippen LogP contribution in [-0.4, -0.2) is 39.5 Å². The van der Waals surface area contributed by atoms with E-state index in [1.54, 1.807) is 45.0 Å². The van der Waals surface area contributed by atoms with Crippen LogP contribution in [0, 0.1) is 0 Å². The van der Waals surface area contributed by atoms with Crippen molar-refractivity contribution in [1.29, 1.82) is 0 Å². The van der Waals surface area contributed by atoms with Gasteiger partial charge in [0, 0.05) is 29.5 Å². The van der Waals surface area contributed by atoms with Crippen LogP contribution in [0.25, 0.3) is 10.6 Å². The van der Waals surface area contributed by atoms with Crippen molar-refractivity contribution in [2.45, 2.75) is 39.2 Å². The molecule has 1 aliphatic heterocycles. The minimum absolute atomic E-state index is 0.00606. The normalized spacial score (nSPS) is 14.1. The number of carbonyl (C=O) groups excluding carboxylic acids is 4. The predicted octanol–water partition coefficient (Wildman–Crippen LogP) is 3.38. The van der Waals surface area contributed by atoms with Gasteiger partial charge in [-0.1, -0.05) is 0 Å². The summed E-state index contributed by atoms with van der Waals surface area (Å²) in [6, 6.07) is 6.82. The number of aromatic nitrogens is 1. The van der Waals surface area contributed by atoms with Crippen molar-refractivity contribution in [3.63, 3.8) is 0 Å². The number of hydrogen-bond acceptors (Lipinski definition) is 8. The Balaban J connectivity index is 1.64. The van der Waals surface area contributed by atoms with E-state index in [9.17, 15) is 19.2 Å². The zero-order valence-corrected chi connectivity index (χ0v) is 16.9. The fourth-order valence-electron chi connectivity index (χ4n) is 2.41. The molecule has 3 rings (SSSR count). The molecule has 1 aromatic carbocycles. The van der Waals surface area contributed by atoms with Gasteiger partial charge in [-0.05, 0) is 45.0 Å². The highest BCUT2D eigenvalue weighted by Gasteiger charge is 2.33. The number of thiazole rings is 1. The van der Waals surface area contributed by atoms with Gasteiger partial charge in [0.1, 0.15) is 10.6 Å². The van der Waals surface area contributed by atoms with Crippen LogP contribution in [0.1, 0.15) is 44.1 Å². The molecule has 2 aromatic rings. The molecule has 29 heavy (non-hydrogen) atoms. The van der Waals surface area contributed by atoms with Crippen molar-refractivity contribution in [1.82, 2.24) is 10.0 Å². The van der Waals surface area contributed by atoms with Gasteiger partial charge in [0.15, 0.2) is 5.69 Å². The molecular weight excluding hydrogens is 398 g/mol. The van der Waals surface area contributed by atoms with Crippen LogP contribution in [0.15, 0.2) is 29.6 Å². The second-order valence-corrected chi connectivity index (χ2v) is 8.06. The molecule has 1 N–H and O–H groups in total. The third-order valence-corrected chi connectivity index (χ3v) is 4.56.